The molecule has 0 amide bonds. The number of hydrogen-bond acceptors (Lipinski definition) is 7. The van der Waals surface area contributed by atoms with Crippen molar-refractivity contribution in [2.45, 2.75) is 107 Å². The molecule has 7 nitrogen and oxygen atoms in total. The molecule has 0 spiro atoms. The van der Waals surface area contributed by atoms with E-state index >= 15 is 0 Å². The third-order valence-corrected chi connectivity index (χ3v) is 11.3. The number of fused-ring (bicyclic) bond motifs is 4. The van der Waals surface area contributed by atoms with Gasteiger partial charge in [0.15, 0.2) is 17.9 Å². The summed E-state index contributed by atoms with van der Waals surface area (Å²) in [5.41, 5.74) is -2.64. The number of aliphatic hydroxyl groups excluding tert-OH is 1. The fourth-order valence-electron chi connectivity index (χ4n) is 8.41. The molecule has 0 aromatic carbocycles. The molecule has 35 heavy (non-hydrogen) atoms. The zero-order chi connectivity index (χ0) is 24.8. The maximum atomic E-state index is 13.3. The van der Waals surface area contributed by atoms with Gasteiger partial charge in [0, 0.05) is 31.6 Å². The second-order valence-corrected chi connectivity index (χ2v) is 12.6. The number of carbonyl (C=O) groups is 2. The van der Waals surface area contributed by atoms with E-state index in [1.165, 1.54) is 11.6 Å². The normalized spacial score (nSPS) is 56.5. The number of hydrogen-bond donors (Lipinski definition) is 2. The number of ketones is 2. The van der Waals surface area contributed by atoms with Crippen LogP contribution in [-0.4, -0.2) is 62.2 Å². The average molecular weight is 483 g/mol. The van der Waals surface area contributed by atoms with Crippen molar-refractivity contribution in [3.63, 3.8) is 0 Å². The van der Waals surface area contributed by atoms with E-state index in [2.05, 4.69) is 13.0 Å². The van der Waals surface area contributed by atoms with E-state index in [-0.39, 0.29) is 47.1 Å². The molecule has 3 aliphatic heterocycles. The number of ether oxygens (including phenoxy) is 3. The molecule has 3 saturated heterocycles. The van der Waals surface area contributed by atoms with Crippen LogP contribution in [0.3, 0.4) is 0 Å². The molecule has 10 unspecified atom stereocenters. The summed E-state index contributed by atoms with van der Waals surface area (Å²) in [5.74, 6) is -0.666. The van der Waals surface area contributed by atoms with E-state index in [1.54, 1.807) is 19.1 Å². The molecule has 3 heterocycles. The van der Waals surface area contributed by atoms with Crippen molar-refractivity contribution >= 4 is 11.6 Å². The third kappa shape index (κ3) is 2.36. The summed E-state index contributed by atoms with van der Waals surface area (Å²) in [7, 11) is 0. The standard InChI is InChI=1S/C28H34O7/c1-15(19-14-23(2)25(4,34-23)22(31)33-19)16-7-11-28-18-12-21(30)27(32)9-5-6-20(29)24(27,3)17(18)8-10-26(28,13-16)35-28/h5-7,12,15,17,19,22,31-32H,8-11,13-14H2,1-4H3. The lowest BCUT2D eigenvalue weighted by atomic mass is 9.48. The van der Waals surface area contributed by atoms with Crippen LogP contribution in [0.2, 0.25) is 0 Å². The van der Waals surface area contributed by atoms with Gasteiger partial charge in [-0.1, -0.05) is 24.6 Å². The van der Waals surface area contributed by atoms with Crippen LogP contribution in [-0.2, 0) is 23.8 Å². The monoisotopic (exact) mass is 482 g/mol. The number of epoxide rings is 2. The second kappa shape index (κ2) is 6.25. The van der Waals surface area contributed by atoms with Crippen molar-refractivity contribution in [3.8, 4) is 0 Å². The Labute approximate surface area is 205 Å². The highest BCUT2D eigenvalue weighted by Gasteiger charge is 2.79. The maximum absolute atomic E-state index is 13.3. The van der Waals surface area contributed by atoms with Crippen molar-refractivity contribution < 1.29 is 34.0 Å². The lowest BCUT2D eigenvalue weighted by molar-refractivity contribution is -0.191. The summed E-state index contributed by atoms with van der Waals surface area (Å²) < 4.78 is 18.5. The van der Waals surface area contributed by atoms with E-state index < -0.39 is 28.5 Å². The summed E-state index contributed by atoms with van der Waals surface area (Å²) in [4.78, 5) is 26.4. The average Bonchev–Trinajstić information content (AvgIpc) is 3.66. The van der Waals surface area contributed by atoms with E-state index in [0.717, 1.165) is 24.8 Å². The Kier molecular flexibility index (Phi) is 4.03. The topological polar surface area (TPSA) is 109 Å². The minimum atomic E-state index is -1.68. The number of aliphatic hydroxyl groups is 2. The van der Waals surface area contributed by atoms with E-state index in [4.69, 9.17) is 14.2 Å². The van der Waals surface area contributed by atoms with Crippen LogP contribution in [0, 0.1) is 17.3 Å². The maximum Gasteiger partial charge on any atom is 0.188 e. The lowest BCUT2D eigenvalue weighted by Gasteiger charge is -2.54. The van der Waals surface area contributed by atoms with Gasteiger partial charge >= 0.3 is 0 Å². The van der Waals surface area contributed by atoms with Gasteiger partial charge in [0.2, 0.25) is 0 Å². The van der Waals surface area contributed by atoms with Crippen LogP contribution in [0.5, 0.6) is 0 Å². The molecule has 0 aromatic heterocycles. The quantitative estimate of drug-likeness (QED) is 0.460. The van der Waals surface area contributed by atoms with E-state index in [9.17, 15) is 19.8 Å². The van der Waals surface area contributed by atoms with Crippen LogP contribution in [0.4, 0.5) is 0 Å². The van der Waals surface area contributed by atoms with Gasteiger partial charge in [-0.05, 0) is 57.3 Å². The van der Waals surface area contributed by atoms with Gasteiger partial charge in [0.25, 0.3) is 0 Å². The Bertz CT molecular complexity index is 1170. The highest BCUT2D eigenvalue weighted by Crippen LogP contribution is 2.72. The molecule has 4 aliphatic carbocycles. The largest absolute Gasteiger partial charge is 0.380 e. The summed E-state index contributed by atoms with van der Waals surface area (Å²) in [6, 6.07) is 0. The van der Waals surface area contributed by atoms with Crippen molar-refractivity contribution in [2.24, 2.45) is 17.3 Å². The number of carbonyl (C=O) groups excluding carboxylic acids is 2. The smallest absolute Gasteiger partial charge is 0.188 e. The fraction of sp³-hybridized carbons (Fsp3) is 0.714. The Balaban J connectivity index is 1.19. The highest BCUT2D eigenvalue weighted by molar-refractivity contribution is 6.09. The highest BCUT2D eigenvalue weighted by atomic mass is 16.7. The van der Waals surface area contributed by atoms with Crippen molar-refractivity contribution in [1.82, 2.24) is 0 Å². The summed E-state index contributed by atoms with van der Waals surface area (Å²) in [5, 5.41) is 21.9. The number of rotatable bonds is 2. The molecular formula is C28H34O7. The molecule has 7 aliphatic rings. The Morgan fingerprint density at radius 1 is 1.11 bits per heavy atom. The SMILES string of the molecule is CC(C1=CCC23OC2(CCC2C3=CC(=O)C3(O)CC=CC(=O)C23C)C1)C1CC2(C)OC2(C)C(O)O1. The second-order valence-electron chi connectivity index (χ2n) is 12.6. The van der Waals surface area contributed by atoms with Gasteiger partial charge in [-0.2, -0.15) is 0 Å². The zero-order valence-corrected chi connectivity index (χ0v) is 20.8. The van der Waals surface area contributed by atoms with Crippen LogP contribution < -0.4 is 0 Å². The van der Waals surface area contributed by atoms with Gasteiger partial charge in [-0.25, -0.2) is 0 Å². The van der Waals surface area contributed by atoms with E-state index in [1.807, 2.05) is 13.8 Å². The molecule has 0 radical (unpaired) electrons. The van der Waals surface area contributed by atoms with Gasteiger partial charge in [-0.15, -0.1) is 0 Å². The van der Waals surface area contributed by atoms with Crippen LogP contribution in [0.25, 0.3) is 0 Å². The third-order valence-electron chi connectivity index (χ3n) is 11.3. The molecule has 1 saturated carbocycles. The lowest BCUT2D eigenvalue weighted by Crippen LogP contribution is -2.65. The Morgan fingerprint density at radius 3 is 2.63 bits per heavy atom. The van der Waals surface area contributed by atoms with Crippen molar-refractivity contribution in [1.29, 1.82) is 0 Å². The molecular weight excluding hydrogens is 448 g/mol. The molecule has 4 fully saturated rings. The first-order valence-electron chi connectivity index (χ1n) is 13.0. The minimum absolute atomic E-state index is 0.0964. The minimum Gasteiger partial charge on any atom is -0.380 e. The first-order chi connectivity index (χ1) is 16.4. The van der Waals surface area contributed by atoms with Crippen molar-refractivity contribution in [2.75, 3.05) is 0 Å². The molecule has 2 N–H and O–H groups in total. The van der Waals surface area contributed by atoms with Gasteiger partial charge in [0.05, 0.1) is 11.5 Å². The summed E-state index contributed by atoms with van der Waals surface area (Å²) >= 11 is 0. The van der Waals surface area contributed by atoms with Gasteiger partial charge in [-0.3, -0.25) is 9.59 Å². The van der Waals surface area contributed by atoms with Gasteiger partial charge < -0.3 is 24.4 Å². The molecule has 7 rings (SSSR count). The Morgan fingerprint density at radius 2 is 1.89 bits per heavy atom. The fourth-order valence-corrected chi connectivity index (χ4v) is 8.41. The molecule has 188 valence electrons. The molecule has 0 bridgehead atoms. The summed E-state index contributed by atoms with van der Waals surface area (Å²) in [6.45, 7) is 7.86. The van der Waals surface area contributed by atoms with Crippen LogP contribution in [0.1, 0.15) is 66.2 Å². The number of allylic oxidation sites excluding steroid dienone is 1. The zero-order valence-electron chi connectivity index (χ0n) is 20.8. The van der Waals surface area contributed by atoms with Crippen LogP contribution >= 0.6 is 0 Å². The predicted molar refractivity (Wildman–Crippen MR) is 124 cm³/mol. The van der Waals surface area contributed by atoms with Gasteiger partial charge in [0.1, 0.15) is 28.0 Å². The van der Waals surface area contributed by atoms with E-state index in [0.29, 0.717) is 12.8 Å². The van der Waals surface area contributed by atoms with Crippen molar-refractivity contribution in [3.05, 3.63) is 35.5 Å². The molecule has 0 aromatic rings. The first-order valence-corrected chi connectivity index (χ1v) is 13.0. The Hall–Kier alpha value is -1.64. The van der Waals surface area contributed by atoms with Crippen LogP contribution in [0.15, 0.2) is 35.5 Å². The molecule has 10 atom stereocenters. The molecule has 7 heteroatoms. The summed E-state index contributed by atoms with van der Waals surface area (Å²) in [6.07, 6.45) is 9.65. The first kappa shape index (κ1) is 22.5. The predicted octanol–water partition coefficient (Wildman–Crippen LogP) is 2.69.